The van der Waals surface area contributed by atoms with E-state index in [2.05, 4.69) is 15.5 Å². The summed E-state index contributed by atoms with van der Waals surface area (Å²) in [6.45, 7) is 1.13. The molecule has 7 heteroatoms. The molecule has 2 rings (SSSR count). The normalized spacial score (nSPS) is 11.3. The van der Waals surface area contributed by atoms with Gasteiger partial charge in [0.05, 0.1) is 6.33 Å². The lowest BCUT2D eigenvalue weighted by atomic mass is 10.1. The fraction of sp³-hybridized carbons (Fsp3) is 0.154. The van der Waals surface area contributed by atoms with Crippen molar-refractivity contribution in [2.24, 2.45) is 10.9 Å². The van der Waals surface area contributed by atoms with E-state index in [0.717, 1.165) is 0 Å². The number of aromatic nitrogens is 2. The molecule has 0 unspecified atom stereocenters. The predicted octanol–water partition coefficient (Wildman–Crippen LogP) is 0.408. The van der Waals surface area contributed by atoms with Gasteiger partial charge in [-0.3, -0.25) is 4.79 Å². The van der Waals surface area contributed by atoms with E-state index in [0.29, 0.717) is 24.2 Å². The Hall–Kier alpha value is -2.83. The van der Waals surface area contributed by atoms with Gasteiger partial charge >= 0.3 is 0 Å². The van der Waals surface area contributed by atoms with Crippen molar-refractivity contribution in [3.8, 4) is 0 Å². The minimum Gasteiger partial charge on any atom is -0.409 e. The zero-order chi connectivity index (χ0) is 14.4. The molecule has 0 radical (unpaired) electrons. The van der Waals surface area contributed by atoms with Crippen LogP contribution in [0.2, 0.25) is 0 Å². The first kappa shape index (κ1) is 13.6. The van der Waals surface area contributed by atoms with E-state index in [9.17, 15) is 4.79 Å². The van der Waals surface area contributed by atoms with E-state index in [4.69, 9.17) is 10.9 Å². The highest BCUT2D eigenvalue weighted by Gasteiger charge is 2.07. The van der Waals surface area contributed by atoms with Crippen molar-refractivity contribution in [2.45, 2.75) is 6.54 Å². The van der Waals surface area contributed by atoms with E-state index in [1.54, 1.807) is 36.8 Å². The van der Waals surface area contributed by atoms with Gasteiger partial charge < -0.3 is 20.8 Å². The summed E-state index contributed by atoms with van der Waals surface area (Å²) in [7, 11) is 0. The van der Waals surface area contributed by atoms with Gasteiger partial charge in [-0.1, -0.05) is 17.3 Å². The highest BCUT2D eigenvalue weighted by Crippen LogP contribution is 2.05. The second-order valence-electron chi connectivity index (χ2n) is 4.12. The van der Waals surface area contributed by atoms with Gasteiger partial charge in [0.1, 0.15) is 0 Å². The maximum absolute atomic E-state index is 12.0. The molecule has 1 heterocycles. The largest absolute Gasteiger partial charge is 0.409 e. The minimum atomic E-state index is -0.210. The van der Waals surface area contributed by atoms with Crippen LogP contribution in [0.1, 0.15) is 15.9 Å². The summed E-state index contributed by atoms with van der Waals surface area (Å²) in [5.41, 5.74) is 6.44. The van der Waals surface area contributed by atoms with Crippen LogP contribution < -0.4 is 11.1 Å². The molecule has 0 aliphatic carbocycles. The average molecular weight is 273 g/mol. The number of carbonyl (C=O) groups excluding carboxylic acids is 1. The first-order valence-electron chi connectivity index (χ1n) is 6.02. The van der Waals surface area contributed by atoms with Crippen molar-refractivity contribution < 1.29 is 10.0 Å². The Labute approximate surface area is 115 Å². The summed E-state index contributed by atoms with van der Waals surface area (Å²) in [5.74, 6) is -0.240. The number of hydrogen-bond donors (Lipinski definition) is 3. The van der Waals surface area contributed by atoms with E-state index < -0.39 is 0 Å². The number of nitrogens with zero attached hydrogens (tertiary/aromatic N) is 3. The Morgan fingerprint density at radius 1 is 1.45 bits per heavy atom. The third kappa shape index (κ3) is 3.35. The molecule has 1 amide bonds. The van der Waals surface area contributed by atoms with Gasteiger partial charge in [-0.25, -0.2) is 4.98 Å². The quantitative estimate of drug-likeness (QED) is 0.317. The highest BCUT2D eigenvalue weighted by molar-refractivity contribution is 6.01. The number of benzene rings is 1. The third-order valence-electron chi connectivity index (χ3n) is 2.74. The summed E-state index contributed by atoms with van der Waals surface area (Å²) in [6.07, 6.45) is 5.19. The van der Waals surface area contributed by atoms with Crippen molar-refractivity contribution in [1.29, 1.82) is 0 Å². The molecular weight excluding hydrogens is 258 g/mol. The van der Waals surface area contributed by atoms with Crippen molar-refractivity contribution in [2.75, 3.05) is 6.54 Å². The molecule has 20 heavy (non-hydrogen) atoms. The summed E-state index contributed by atoms with van der Waals surface area (Å²) < 4.78 is 1.87. The Kier molecular flexibility index (Phi) is 4.33. The highest BCUT2D eigenvalue weighted by atomic mass is 16.4. The number of imidazole rings is 1. The van der Waals surface area contributed by atoms with Crippen LogP contribution in [0.3, 0.4) is 0 Å². The zero-order valence-corrected chi connectivity index (χ0v) is 10.7. The summed E-state index contributed by atoms with van der Waals surface area (Å²) >= 11 is 0. The van der Waals surface area contributed by atoms with Crippen molar-refractivity contribution in [1.82, 2.24) is 14.9 Å². The van der Waals surface area contributed by atoms with Gasteiger partial charge in [0, 0.05) is 36.6 Å². The van der Waals surface area contributed by atoms with Crippen LogP contribution in [-0.4, -0.2) is 33.0 Å². The number of nitrogens with two attached hydrogens (primary N) is 1. The van der Waals surface area contributed by atoms with Crippen LogP contribution in [0.25, 0.3) is 0 Å². The van der Waals surface area contributed by atoms with Gasteiger partial charge in [0.25, 0.3) is 5.91 Å². The average Bonchev–Trinajstić information content (AvgIpc) is 2.99. The fourth-order valence-corrected chi connectivity index (χ4v) is 1.70. The maximum atomic E-state index is 12.0. The molecule has 0 atom stereocenters. The molecule has 0 aliphatic rings. The lowest BCUT2D eigenvalue weighted by Crippen LogP contribution is -2.27. The van der Waals surface area contributed by atoms with Crippen LogP contribution in [-0.2, 0) is 6.54 Å². The third-order valence-corrected chi connectivity index (χ3v) is 2.74. The number of hydrogen-bond acceptors (Lipinski definition) is 4. The van der Waals surface area contributed by atoms with Gasteiger partial charge in [-0.05, 0) is 12.1 Å². The molecule has 104 valence electrons. The molecule has 1 aromatic heterocycles. The van der Waals surface area contributed by atoms with E-state index in [1.165, 1.54) is 0 Å². The SMILES string of the molecule is NC(=NO)c1cccc(C(=O)NCCn2ccnc2)c1. The smallest absolute Gasteiger partial charge is 0.251 e. The molecule has 2 aromatic rings. The molecule has 0 aliphatic heterocycles. The predicted molar refractivity (Wildman–Crippen MR) is 73.5 cm³/mol. The van der Waals surface area contributed by atoms with Crippen LogP contribution in [0, 0.1) is 0 Å². The number of amidine groups is 1. The Balaban J connectivity index is 1.95. The number of nitrogens with one attached hydrogen (secondary N) is 1. The molecule has 7 nitrogen and oxygen atoms in total. The topological polar surface area (TPSA) is 106 Å². The molecule has 0 saturated heterocycles. The minimum absolute atomic E-state index is 0.0296. The van der Waals surface area contributed by atoms with Gasteiger partial charge in [0.15, 0.2) is 5.84 Å². The van der Waals surface area contributed by atoms with Crippen LogP contribution >= 0.6 is 0 Å². The van der Waals surface area contributed by atoms with Crippen LogP contribution in [0.5, 0.6) is 0 Å². The van der Waals surface area contributed by atoms with Crippen molar-refractivity contribution in [3.05, 3.63) is 54.1 Å². The summed E-state index contributed by atoms with van der Waals surface area (Å²) in [6, 6.07) is 6.58. The Morgan fingerprint density at radius 3 is 2.95 bits per heavy atom. The Bertz CT molecular complexity index is 607. The van der Waals surface area contributed by atoms with Gasteiger partial charge in [0.2, 0.25) is 0 Å². The number of rotatable bonds is 5. The second kappa shape index (κ2) is 6.37. The Morgan fingerprint density at radius 2 is 2.25 bits per heavy atom. The molecule has 0 spiro atoms. The fourth-order valence-electron chi connectivity index (χ4n) is 1.70. The van der Waals surface area contributed by atoms with Crippen LogP contribution in [0.15, 0.2) is 48.1 Å². The van der Waals surface area contributed by atoms with Gasteiger partial charge in [-0.2, -0.15) is 0 Å². The molecule has 4 N–H and O–H groups in total. The van der Waals surface area contributed by atoms with Crippen molar-refractivity contribution >= 4 is 11.7 Å². The molecule has 0 bridgehead atoms. The molecule has 0 saturated carbocycles. The maximum Gasteiger partial charge on any atom is 0.251 e. The van der Waals surface area contributed by atoms with E-state index >= 15 is 0 Å². The van der Waals surface area contributed by atoms with Gasteiger partial charge in [-0.15, -0.1) is 0 Å². The second-order valence-corrected chi connectivity index (χ2v) is 4.12. The van der Waals surface area contributed by atoms with Crippen LogP contribution in [0.4, 0.5) is 0 Å². The monoisotopic (exact) mass is 273 g/mol. The number of oxime groups is 1. The molecule has 0 fully saturated rings. The molecular formula is C13H15N5O2. The molecule has 1 aromatic carbocycles. The lowest BCUT2D eigenvalue weighted by Gasteiger charge is -2.07. The standard InChI is InChI=1S/C13H15N5O2/c14-12(17-20)10-2-1-3-11(8-10)13(19)16-5-7-18-6-4-15-9-18/h1-4,6,8-9,20H,5,7H2,(H2,14,17)(H,16,19). The number of carbonyl (C=O) groups is 1. The van der Waals surface area contributed by atoms with Crippen molar-refractivity contribution in [3.63, 3.8) is 0 Å². The van der Waals surface area contributed by atoms with E-state index in [1.807, 2.05) is 10.8 Å². The lowest BCUT2D eigenvalue weighted by molar-refractivity contribution is 0.0952. The summed E-state index contributed by atoms with van der Waals surface area (Å²) in [4.78, 5) is 15.9. The first-order valence-corrected chi connectivity index (χ1v) is 6.02. The summed E-state index contributed by atoms with van der Waals surface area (Å²) in [5, 5.41) is 14.3. The van der Waals surface area contributed by atoms with E-state index in [-0.39, 0.29) is 11.7 Å². The number of amides is 1. The first-order chi connectivity index (χ1) is 9.70. The zero-order valence-electron chi connectivity index (χ0n) is 10.7.